The quantitative estimate of drug-likeness (QED) is 0.937. The van der Waals surface area contributed by atoms with Crippen molar-refractivity contribution in [2.45, 2.75) is 31.8 Å². The van der Waals surface area contributed by atoms with Crippen LogP contribution in [0.4, 0.5) is 4.39 Å². The van der Waals surface area contributed by atoms with E-state index in [0.717, 1.165) is 35.2 Å². The first kappa shape index (κ1) is 15.0. The average molecular weight is 322 g/mol. The summed E-state index contributed by atoms with van der Waals surface area (Å²) < 4.78 is 13.5. The van der Waals surface area contributed by atoms with E-state index in [0.29, 0.717) is 11.8 Å². The third-order valence-electron chi connectivity index (χ3n) is 5.00. The van der Waals surface area contributed by atoms with Crippen LogP contribution >= 0.6 is 0 Å². The van der Waals surface area contributed by atoms with E-state index in [1.165, 1.54) is 18.7 Å². The molecule has 5 heteroatoms. The van der Waals surface area contributed by atoms with E-state index in [-0.39, 0.29) is 5.82 Å². The zero-order valence-electron chi connectivity index (χ0n) is 13.5. The molecule has 0 saturated heterocycles. The van der Waals surface area contributed by atoms with Gasteiger partial charge in [0.25, 0.3) is 0 Å². The second kappa shape index (κ2) is 5.51. The number of halogens is 1. The van der Waals surface area contributed by atoms with Crippen LogP contribution in [0, 0.1) is 11.7 Å². The van der Waals surface area contributed by atoms with E-state index in [2.05, 4.69) is 4.98 Å². The van der Waals surface area contributed by atoms with Gasteiger partial charge in [-0.2, -0.15) is 0 Å². The van der Waals surface area contributed by atoms with Gasteiger partial charge < -0.3 is 5.73 Å². The molecule has 4 rings (SSSR count). The Bertz CT molecular complexity index is 834. The van der Waals surface area contributed by atoms with Gasteiger partial charge >= 0.3 is 0 Å². The lowest BCUT2D eigenvalue weighted by atomic mass is 9.73. The van der Waals surface area contributed by atoms with Gasteiger partial charge in [0, 0.05) is 23.2 Å². The molecule has 1 aliphatic heterocycles. The lowest BCUT2D eigenvalue weighted by Crippen LogP contribution is -2.35. The number of hydrogen-bond acceptors (Lipinski definition) is 4. The molecular weight excluding hydrogens is 303 g/mol. The first-order valence-electron chi connectivity index (χ1n) is 8.22. The summed E-state index contributed by atoms with van der Waals surface area (Å²) in [5.41, 5.74) is 8.87. The minimum Gasteiger partial charge on any atom is -0.382 e. The lowest BCUT2D eigenvalue weighted by Gasteiger charge is -2.38. The molecule has 2 N–H and O–H groups in total. The second-order valence-corrected chi connectivity index (χ2v) is 6.52. The van der Waals surface area contributed by atoms with Gasteiger partial charge in [-0.15, -0.1) is 0 Å². The Balaban J connectivity index is 1.82. The molecule has 1 aromatic heterocycles. The van der Waals surface area contributed by atoms with Crippen molar-refractivity contribution in [3.8, 4) is 11.1 Å². The normalized spacial score (nSPS) is 23.6. The van der Waals surface area contributed by atoms with Crippen LogP contribution in [-0.2, 0) is 5.66 Å². The minimum atomic E-state index is -0.622. The van der Waals surface area contributed by atoms with Crippen LogP contribution in [0.1, 0.15) is 31.7 Å². The highest BCUT2D eigenvalue weighted by Crippen LogP contribution is 2.48. The molecule has 4 nitrogen and oxygen atoms in total. The molecule has 1 aliphatic carbocycles. The van der Waals surface area contributed by atoms with E-state index in [9.17, 15) is 4.39 Å². The van der Waals surface area contributed by atoms with E-state index >= 15 is 0 Å². The Kier molecular flexibility index (Phi) is 3.44. The van der Waals surface area contributed by atoms with Crippen molar-refractivity contribution in [1.29, 1.82) is 0 Å². The van der Waals surface area contributed by atoms with Gasteiger partial charge in [0.2, 0.25) is 0 Å². The summed E-state index contributed by atoms with van der Waals surface area (Å²) in [7, 11) is 0. The average Bonchev–Trinajstić information content (AvgIpc) is 2.82. The molecule has 2 aliphatic rings. The van der Waals surface area contributed by atoms with Crippen LogP contribution in [0.25, 0.3) is 11.1 Å². The molecule has 2 heterocycles. The van der Waals surface area contributed by atoms with E-state index < -0.39 is 5.66 Å². The van der Waals surface area contributed by atoms with Crippen LogP contribution in [0.2, 0.25) is 0 Å². The molecule has 0 radical (unpaired) electrons. The second-order valence-electron chi connectivity index (χ2n) is 6.52. The Hall–Kier alpha value is -2.56. The first-order chi connectivity index (χ1) is 11.6. The van der Waals surface area contributed by atoms with E-state index in [1.807, 2.05) is 31.2 Å². The summed E-state index contributed by atoms with van der Waals surface area (Å²) in [6.45, 7) is 1.90. The molecular formula is C19H19FN4. The molecule has 1 saturated carbocycles. The van der Waals surface area contributed by atoms with Crippen molar-refractivity contribution in [2.24, 2.45) is 21.6 Å². The highest BCUT2D eigenvalue weighted by molar-refractivity contribution is 6.41. The van der Waals surface area contributed by atoms with Gasteiger partial charge in [0.05, 0.1) is 11.9 Å². The highest BCUT2D eigenvalue weighted by Gasteiger charge is 2.46. The molecule has 1 unspecified atom stereocenters. The highest BCUT2D eigenvalue weighted by atomic mass is 19.1. The van der Waals surface area contributed by atoms with Crippen molar-refractivity contribution in [2.75, 3.05) is 0 Å². The molecule has 24 heavy (non-hydrogen) atoms. The van der Waals surface area contributed by atoms with E-state index in [1.54, 1.807) is 6.20 Å². The van der Waals surface area contributed by atoms with Gasteiger partial charge in [0.1, 0.15) is 11.7 Å². The summed E-state index contributed by atoms with van der Waals surface area (Å²) in [5.74, 6) is 0.540. The van der Waals surface area contributed by atoms with Crippen LogP contribution < -0.4 is 5.73 Å². The summed E-state index contributed by atoms with van der Waals surface area (Å²) in [5, 5.41) is 0. The zero-order valence-corrected chi connectivity index (χ0v) is 13.5. The molecule has 1 atom stereocenters. The molecule has 0 spiro atoms. The minimum absolute atomic E-state index is 0.344. The van der Waals surface area contributed by atoms with Crippen LogP contribution in [0.15, 0.2) is 52.7 Å². The van der Waals surface area contributed by atoms with Gasteiger partial charge in [-0.3, -0.25) is 9.98 Å². The smallest absolute Gasteiger partial charge is 0.181 e. The standard InChI is InChI=1S/C19H19FN4/c1-12-18(21)24-19(23-12,15-5-3-6-15)16-7-2-4-13(8-16)14-9-17(20)11-22-10-14/h2,4,7-11,15H,3,5-6H2,1H3,(H2,21,24). The number of nitrogens with zero attached hydrogens (tertiary/aromatic N) is 3. The third-order valence-corrected chi connectivity index (χ3v) is 5.00. The fraction of sp³-hybridized carbons (Fsp3) is 0.316. The van der Waals surface area contributed by atoms with Gasteiger partial charge in [-0.05, 0) is 37.5 Å². The number of hydrogen-bond donors (Lipinski definition) is 1. The molecule has 1 aromatic carbocycles. The van der Waals surface area contributed by atoms with Gasteiger partial charge in [0.15, 0.2) is 5.66 Å². The van der Waals surface area contributed by atoms with Crippen molar-refractivity contribution < 1.29 is 4.39 Å². The third kappa shape index (κ3) is 2.31. The Labute approximate surface area is 140 Å². The maximum Gasteiger partial charge on any atom is 0.181 e. The molecule has 0 bridgehead atoms. The van der Waals surface area contributed by atoms with Gasteiger partial charge in [-0.1, -0.05) is 24.6 Å². The van der Waals surface area contributed by atoms with Crippen LogP contribution in [-0.4, -0.2) is 16.5 Å². The number of aliphatic imine (C=N–C) groups is 2. The summed E-state index contributed by atoms with van der Waals surface area (Å²) >= 11 is 0. The molecule has 122 valence electrons. The number of nitrogens with two attached hydrogens (primary N) is 1. The SMILES string of the molecule is CC1=NC(c2cccc(-c3cncc(F)c3)c2)(C2CCC2)N=C1N. The zero-order chi connectivity index (χ0) is 16.7. The largest absolute Gasteiger partial charge is 0.382 e. The van der Waals surface area contributed by atoms with Crippen LogP contribution in [0.3, 0.4) is 0 Å². The molecule has 0 amide bonds. The Morgan fingerprint density at radius 2 is 1.96 bits per heavy atom. The summed E-state index contributed by atoms with van der Waals surface area (Å²) in [6, 6.07) is 9.47. The van der Waals surface area contributed by atoms with E-state index in [4.69, 9.17) is 15.7 Å². The number of benzene rings is 1. The maximum atomic E-state index is 13.5. The van der Waals surface area contributed by atoms with Crippen molar-refractivity contribution in [3.63, 3.8) is 0 Å². The first-order valence-corrected chi connectivity index (χ1v) is 8.22. The van der Waals surface area contributed by atoms with Crippen molar-refractivity contribution in [3.05, 3.63) is 54.1 Å². The summed E-state index contributed by atoms with van der Waals surface area (Å²) in [4.78, 5) is 13.5. The molecule has 1 fully saturated rings. The fourth-order valence-corrected chi connectivity index (χ4v) is 3.46. The topological polar surface area (TPSA) is 63.6 Å². The van der Waals surface area contributed by atoms with Gasteiger partial charge in [-0.25, -0.2) is 9.38 Å². The lowest BCUT2D eigenvalue weighted by molar-refractivity contribution is 0.179. The molecule has 2 aromatic rings. The maximum absolute atomic E-state index is 13.5. The monoisotopic (exact) mass is 322 g/mol. The number of rotatable bonds is 3. The number of pyridine rings is 1. The predicted molar refractivity (Wildman–Crippen MR) is 93.4 cm³/mol. The predicted octanol–water partition coefficient (Wildman–Crippen LogP) is 3.67. The number of amidine groups is 1. The Morgan fingerprint density at radius 3 is 2.58 bits per heavy atom. The Morgan fingerprint density at radius 1 is 1.12 bits per heavy atom. The number of aromatic nitrogens is 1. The fourth-order valence-electron chi connectivity index (χ4n) is 3.46. The summed E-state index contributed by atoms with van der Waals surface area (Å²) in [6.07, 6.45) is 6.26. The van der Waals surface area contributed by atoms with Crippen molar-refractivity contribution >= 4 is 11.5 Å². The van der Waals surface area contributed by atoms with Crippen molar-refractivity contribution in [1.82, 2.24) is 4.98 Å². The van der Waals surface area contributed by atoms with Crippen LogP contribution in [0.5, 0.6) is 0 Å².